The van der Waals surface area contributed by atoms with E-state index in [-0.39, 0.29) is 0 Å². The van der Waals surface area contributed by atoms with Gasteiger partial charge in [0.15, 0.2) is 0 Å². The summed E-state index contributed by atoms with van der Waals surface area (Å²) in [6.45, 7) is 3.09. The van der Waals surface area contributed by atoms with E-state index in [9.17, 15) is 4.79 Å². The topological polar surface area (TPSA) is 53.4 Å². The van der Waals surface area contributed by atoms with Crippen molar-refractivity contribution in [3.63, 3.8) is 0 Å². The van der Waals surface area contributed by atoms with Crippen LogP contribution >= 0.6 is 11.3 Å². The van der Waals surface area contributed by atoms with Crippen LogP contribution in [0.4, 0.5) is 0 Å². The van der Waals surface area contributed by atoms with E-state index < -0.39 is 5.97 Å². The molecule has 1 aromatic heterocycles. The number of carboxylic acid groups (broad SMARTS) is 1. The number of aryl methyl sites for hydroxylation is 1. The molecule has 5 heteroatoms. The Balaban J connectivity index is 1.63. The second-order valence-electron chi connectivity index (χ2n) is 6.08. The average Bonchev–Trinajstić information content (AvgIpc) is 2.93. The van der Waals surface area contributed by atoms with Crippen LogP contribution in [0, 0.1) is 5.92 Å². The van der Waals surface area contributed by atoms with Crippen LogP contribution in [0.5, 0.6) is 0 Å². The molecule has 0 radical (unpaired) electrons. The number of rotatable bonds is 5. The molecule has 1 aromatic rings. The summed E-state index contributed by atoms with van der Waals surface area (Å²) in [6, 6.07) is 1.15. The van der Waals surface area contributed by atoms with Gasteiger partial charge in [-0.05, 0) is 38.0 Å². The normalized spacial score (nSPS) is 29.8. The Morgan fingerprint density at radius 2 is 2.15 bits per heavy atom. The molecule has 0 aromatic carbocycles. The summed E-state index contributed by atoms with van der Waals surface area (Å²) < 4.78 is 0. The van der Waals surface area contributed by atoms with Gasteiger partial charge in [-0.3, -0.25) is 9.69 Å². The van der Waals surface area contributed by atoms with E-state index in [1.54, 1.807) is 11.3 Å². The Labute approximate surface area is 123 Å². The molecule has 2 saturated heterocycles. The van der Waals surface area contributed by atoms with Crippen LogP contribution in [0.3, 0.4) is 0 Å². The van der Waals surface area contributed by atoms with Gasteiger partial charge in [-0.1, -0.05) is 6.92 Å². The largest absolute Gasteiger partial charge is 0.481 e. The number of piperidine rings is 1. The molecule has 2 bridgehead atoms. The van der Waals surface area contributed by atoms with Crippen LogP contribution in [0.25, 0.3) is 0 Å². The van der Waals surface area contributed by atoms with Crippen molar-refractivity contribution in [2.45, 2.75) is 64.1 Å². The molecule has 20 heavy (non-hydrogen) atoms. The summed E-state index contributed by atoms with van der Waals surface area (Å²) >= 11 is 1.75. The smallest absolute Gasteiger partial charge is 0.303 e. The Morgan fingerprint density at radius 1 is 1.45 bits per heavy atom. The molecule has 2 fully saturated rings. The van der Waals surface area contributed by atoms with Gasteiger partial charge in [-0.2, -0.15) is 0 Å². The summed E-state index contributed by atoms with van der Waals surface area (Å²) in [5.74, 6) is -0.266. The van der Waals surface area contributed by atoms with Gasteiger partial charge in [0, 0.05) is 30.4 Å². The van der Waals surface area contributed by atoms with E-state index in [2.05, 4.69) is 22.2 Å². The third kappa shape index (κ3) is 2.88. The molecule has 4 nitrogen and oxygen atoms in total. The lowest BCUT2D eigenvalue weighted by atomic mass is 9.88. The highest BCUT2D eigenvalue weighted by molar-refractivity contribution is 7.09. The number of carboxylic acids is 1. The molecule has 0 aliphatic carbocycles. The number of carbonyl (C=O) groups is 1. The van der Waals surface area contributed by atoms with Gasteiger partial charge in [0.05, 0.1) is 10.7 Å². The van der Waals surface area contributed by atoms with Crippen LogP contribution in [-0.2, 0) is 17.8 Å². The third-order valence-electron chi connectivity index (χ3n) is 4.69. The Bertz CT molecular complexity index is 474. The van der Waals surface area contributed by atoms with Crippen molar-refractivity contribution in [1.29, 1.82) is 0 Å². The highest BCUT2D eigenvalue weighted by Crippen LogP contribution is 2.40. The summed E-state index contributed by atoms with van der Waals surface area (Å²) in [5, 5.41) is 12.4. The number of hydrogen-bond donors (Lipinski definition) is 1. The molecule has 2 aliphatic heterocycles. The number of fused-ring (bicyclic) bond motifs is 2. The molecule has 1 N–H and O–H groups in total. The van der Waals surface area contributed by atoms with Gasteiger partial charge < -0.3 is 5.11 Å². The van der Waals surface area contributed by atoms with Crippen molar-refractivity contribution >= 4 is 17.3 Å². The fourth-order valence-corrected chi connectivity index (χ4v) is 4.57. The quantitative estimate of drug-likeness (QED) is 0.907. The second kappa shape index (κ2) is 5.82. The SMILES string of the molecule is CCc1nc(CN2C3CCC2CC(CC(=O)O)C3)cs1. The van der Waals surface area contributed by atoms with Gasteiger partial charge in [-0.15, -0.1) is 11.3 Å². The lowest BCUT2D eigenvalue weighted by Crippen LogP contribution is -2.42. The van der Waals surface area contributed by atoms with E-state index in [4.69, 9.17) is 5.11 Å². The second-order valence-corrected chi connectivity index (χ2v) is 7.02. The standard InChI is InChI=1S/C15H22N2O2S/c1-2-14-16-11(9-20-14)8-17-12-3-4-13(17)6-10(5-12)7-15(18)19/h9-10,12-13H,2-8H2,1H3,(H,18,19). The first-order valence-corrected chi connectivity index (χ1v) is 8.44. The Kier molecular flexibility index (Phi) is 4.08. The molecule has 3 heterocycles. The summed E-state index contributed by atoms with van der Waals surface area (Å²) in [5.41, 5.74) is 1.19. The molecule has 110 valence electrons. The molecule has 0 spiro atoms. The molecular formula is C15H22N2O2S. The number of thiazole rings is 1. The van der Waals surface area contributed by atoms with Crippen molar-refractivity contribution in [1.82, 2.24) is 9.88 Å². The van der Waals surface area contributed by atoms with Crippen LogP contribution in [0.2, 0.25) is 0 Å². The lowest BCUT2D eigenvalue weighted by Gasteiger charge is -2.38. The van der Waals surface area contributed by atoms with Gasteiger partial charge in [-0.25, -0.2) is 4.98 Å². The molecule has 3 rings (SSSR count). The maximum Gasteiger partial charge on any atom is 0.303 e. The maximum atomic E-state index is 10.9. The molecule has 2 unspecified atom stereocenters. The minimum atomic E-state index is -0.644. The summed E-state index contributed by atoms with van der Waals surface area (Å²) in [6.07, 6.45) is 5.91. The predicted molar refractivity (Wildman–Crippen MR) is 78.8 cm³/mol. The Morgan fingerprint density at radius 3 is 2.70 bits per heavy atom. The van der Waals surface area contributed by atoms with Crippen molar-refractivity contribution in [3.8, 4) is 0 Å². The zero-order valence-electron chi connectivity index (χ0n) is 11.9. The van der Waals surface area contributed by atoms with Crippen LogP contribution in [-0.4, -0.2) is 33.0 Å². The summed E-state index contributed by atoms with van der Waals surface area (Å²) in [7, 11) is 0. The molecule has 2 aliphatic rings. The lowest BCUT2D eigenvalue weighted by molar-refractivity contribution is -0.138. The zero-order chi connectivity index (χ0) is 14.1. The molecular weight excluding hydrogens is 272 g/mol. The number of aromatic nitrogens is 1. The van der Waals surface area contributed by atoms with Gasteiger partial charge in [0.2, 0.25) is 0 Å². The predicted octanol–water partition coefficient (Wildman–Crippen LogP) is 2.92. The fourth-order valence-electron chi connectivity index (χ4n) is 3.83. The first-order chi connectivity index (χ1) is 9.65. The molecule has 0 saturated carbocycles. The van der Waals surface area contributed by atoms with E-state index in [1.165, 1.54) is 23.5 Å². The van der Waals surface area contributed by atoms with Crippen LogP contribution < -0.4 is 0 Å². The van der Waals surface area contributed by atoms with Gasteiger partial charge >= 0.3 is 5.97 Å². The minimum Gasteiger partial charge on any atom is -0.481 e. The highest BCUT2D eigenvalue weighted by atomic mass is 32.1. The van der Waals surface area contributed by atoms with E-state index in [0.29, 0.717) is 24.4 Å². The summed E-state index contributed by atoms with van der Waals surface area (Å²) in [4.78, 5) is 18.1. The maximum absolute atomic E-state index is 10.9. The van der Waals surface area contributed by atoms with Crippen molar-refractivity contribution in [3.05, 3.63) is 16.1 Å². The molecule has 2 atom stereocenters. The van der Waals surface area contributed by atoms with Crippen molar-refractivity contribution in [2.75, 3.05) is 0 Å². The number of hydrogen-bond acceptors (Lipinski definition) is 4. The van der Waals surface area contributed by atoms with Crippen LogP contribution in [0.15, 0.2) is 5.38 Å². The Hall–Kier alpha value is -0.940. The number of nitrogens with zero attached hydrogens (tertiary/aromatic N) is 2. The van der Waals surface area contributed by atoms with Gasteiger partial charge in [0.25, 0.3) is 0 Å². The minimum absolute atomic E-state index is 0.345. The average molecular weight is 294 g/mol. The van der Waals surface area contributed by atoms with Crippen molar-refractivity contribution in [2.24, 2.45) is 5.92 Å². The number of aliphatic carboxylic acids is 1. The van der Waals surface area contributed by atoms with E-state index in [1.807, 2.05) is 0 Å². The molecule has 0 amide bonds. The first kappa shape index (κ1) is 14.0. The zero-order valence-corrected chi connectivity index (χ0v) is 12.7. The first-order valence-electron chi connectivity index (χ1n) is 7.56. The van der Waals surface area contributed by atoms with Gasteiger partial charge in [0.1, 0.15) is 0 Å². The highest BCUT2D eigenvalue weighted by Gasteiger charge is 2.41. The fraction of sp³-hybridized carbons (Fsp3) is 0.733. The van der Waals surface area contributed by atoms with Crippen molar-refractivity contribution < 1.29 is 9.90 Å². The van der Waals surface area contributed by atoms with Crippen LogP contribution in [0.1, 0.15) is 49.7 Å². The van der Waals surface area contributed by atoms with E-state index >= 15 is 0 Å². The van der Waals surface area contributed by atoms with E-state index in [0.717, 1.165) is 25.8 Å². The monoisotopic (exact) mass is 294 g/mol. The third-order valence-corrected chi connectivity index (χ3v) is 5.73.